The standard InChI is InChI=1S/C43H71N11O10/c1-5-26(4)35(53-39(60)33-17-12-22-54(33)41(62)28(45)15-9-10-20-44)40(61)50-30(18-19-34(55)56)37(58)51-31(24-27-13-7-6-8-14-27)38(59)49-29(16-11-21-48-43(46)47)36(57)52-32(42(63)64)23-25(2)3/h6-8,13-14,25-26,28-33,35H,5,9-12,15-24,44-45H2,1-4H3,(H,49,59)(H,50,61)(H,51,58)(H,52,57)(H,53,60)(H,55,56)(H,63,64)(H4,46,47,48)/t26-,28-,29-,30-,31-,32-,33-,35-/m0/s1. The number of aliphatic carboxylic acids is 2. The van der Waals surface area contributed by atoms with Gasteiger partial charge in [-0.2, -0.15) is 0 Å². The first-order valence-corrected chi connectivity index (χ1v) is 22.1. The number of guanidine groups is 1. The summed E-state index contributed by atoms with van der Waals surface area (Å²) in [6.45, 7) is 7.94. The van der Waals surface area contributed by atoms with Crippen LogP contribution in [0, 0.1) is 11.8 Å². The van der Waals surface area contributed by atoms with Crippen molar-refractivity contribution in [3.63, 3.8) is 0 Å². The van der Waals surface area contributed by atoms with Gasteiger partial charge < -0.3 is 64.6 Å². The maximum atomic E-state index is 14.2. The lowest BCUT2D eigenvalue weighted by Gasteiger charge is -2.31. The van der Waals surface area contributed by atoms with E-state index in [-0.39, 0.29) is 50.0 Å². The van der Waals surface area contributed by atoms with Crippen LogP contribution in [0.25, 0.3) is 0 Å². The normalized spacial score (nSPS) is 16.8. The number of unbranched alkanes of at least 4 members (excludes halogenated alkanes) is 1. The van der Waals surface area contributed by atoms with Gasteiger partial charge in [0.2, 0.25) is 35.4 Å². The summed E-state index contributed by atoms with van der Waals surface area (Å²) in [5, 5.41) is 32.5. The zero-order valence-corrected chi connectivity index (χ0v) is 37.6. The van der Waals surface area contributed by atoms with E-state index in [1.54, 1.807) is 58.0 Å². The number of nitrogens with one attached hydrogen (secondary N) is 5. The van der Waals surface area contributed by atoms with Crippen LogP contribution in [0.3, 0.4) is 0 Å². The number of aliphatic imine (C=N–C) groups is 1. The molecule has 0 bridgehead atoms. The van der Waals surface area contributed by atoms with Crippen molar-refractivity contribution in [1.29, 1.82) is 0 Å². The van der Waals surface area contributed by atoms with Gasteiger partial charge in [-0.1, -0.05) is 70.9 Å². The Kier molecular flexibility index (Phi) is 23.8. The average molecular weight is 902 g/mol. The minimum atomic E-state index is -1.51. The van der Waals surface area contributed by atoms with E-state index in [2.05, 4.69) is 31.6 Å². The zero-order chi connectivity index (χ0) is 47.9. The molecular weight excluding hydrogens is 831 g/mol. The highest BCUT2D eigenvalue weighted by atomic mass is 16.4. The lowest BCUT2D eigenvalue weighted by atomic mass is 9.96. The molecule has 21 nitrogen and oxygen atoms in total. The fourth-order valence-electron chi connectivity index (χ4n) is 7.24. The van der Waals surface area contributed by atoms with Crippen LogP contribution < -0.4 is 49.5 Å². The molecule has 358 valence electrons. The third-order valence-corrected chi connectivity index (χ3v) is 11.0. The summed E-state index contributed by atoms with van der Waals surface area (Å²) in [6, 6.07) is 0.181. The van der Waals surface area contributed by atoms with Crippen molar-refractivity contribution < 1.29 is 48.6 Å². The predicted molar refractivity (Wildman–Crippen MR) is 239 cm³/mol. The summed E-state index contributed by atoms with van der Waals surface area (Å²) in [5.74, 6) is -7.61. The number of carboxylic acids is 2. The summed E-state index contributed by atoms with van der Waals surface area (Å²) in [5.41, 5.74) is 23.2. The molecule has 64 heavy (non-hydrogen) atoms. The van der Waals surface area contributed by atoms with Gasteiger partial charge >= 0.3 is 11.9 Å². The van der Waals surface area contributed by atoms with Crippen LogP contribution in [0.4, 0.5) is 0 Å². The van der Waals surface area contributed by atoms with Crippen LogP contribution in [-0.4, -0.2) is 130 Å². The van der Waals surface area contributed by atoms with Crippen LogP contribution in [0.5, 0.6) is 0 Å². The molecule has 1 fully saturated rings. The molecule has 0 saturated carbocycles. The van der Waals surface area contributed by atoms with E-state index in [4.69, 9.17) is 22.9 Å². The number of nitrogens with two attached hydrogens (primary N) is 4. The molecule has 21 heteroatoms. The fourth-order valence-corrected chi connectivity index (χ4v) is 7.24. The second-order valence-corrected chi connectivity index (χ2v) is 16.7. The molecule has 0 spiro atoms. The van der Waals surface area contributed by atoms with Crippen molar-refractivity contribution in [3.05, 3.63) is 35.9 Å². The molecule has 2 rings (SSSR count). The van der Waals surface area contributed by atoms with E-state index in [1.165, 1.54) is 4.90 Å². The van der Waals surface area contributed by atoms with Gasteiger partial charge in [-0.25, -0.2) is 4.79 Å². The molecule has 8 atom stereocenters. The Hall–Kier alpha value is -5.83. The van der Waals surface area contributed by atoms with Crippen LogP contribution in [0.15, 0.2) is 35.3 Å². The van der Waals surface area contributed by atoms with Crippen molar-refractivity contribution in [2.24, 2.45) is 39.8 Å². The minimum absolute atomic E-state index is 0.0250. The minimum Gasteiger partial charge on any atom is -0.481 e. The first kappa shape index (κ1) is 54.3. The number of rotatable bonds is 29. The van der Waals surface area contributed by atoms with Crippen molar-refractivity contribution in [2.75, 3.05) is 19.6 Å². The third-order valence-electron chi connectivity index (χ3n) is 11.0. The van der Waals surface area contributed by atoms with Gasteiger partial charge in [-0.15, -0.1) is 0 Å². The summed E-state index contributed by atoms with van der Waals surface area (Å²) < 4.78 is 0. The van der Waals surface area contributed by atoms with Gasteiger partial charge in [0.05, 0.1) is 6.04 Å². The van der Waals surface area contributed by atoms with E-state index in [9.17, 15) is 48.6 Å². The molecule has 1 aliphatic rings. The molecule has 0 aromatic heterocycles. The smallest absolute Gasteiger partial charge is 0.326 e. The molecule has 15 N–H and O–H groups in total. The quantitative estimate of drug-likeness (QED) is 0.0266. The Labute approximate surface area is 375 Å². The van der Waals surface area contributed by atoms with E-state index in [0.29, 0.717) is 57.2 Å². The third kappa shape index (κ3) is 18.9. The zero-order valence-electron chi connectivity index (χ0n) is 37.6. The molecule has 0 aliphatic carbocycles. The summed E-state index contributed by atoms with van der Waals surface area (Å²) in [6.07, 6.45) is 2.25. The molecule has 0 unspecified atom stereocenters. The highest BCUT2D eigenvalue weighted by Gasteiger charge is 2.39. The Morgan fingerprint density at radius 3 is 1.95 bits per heavy atom. The lowest BCUT2D eigenvalue weighted by molar-refractivity contribution is -0.143. The summed E-state index contributed by atoms with van der Waals surface area (Å²) in [4.78, 5) is 112. The lowest BCUT2D eigenvalue weighted by Crippen LogP contribution is -2.60. The monoisotopic (exact) mass is 902 g/mol. The van der Waals surface area contributed by atoms with Crippen molar-refractivity contribution >= 4 is 53.3 Å². The number of carbonyl (C=O) groups is 8. The number of benzene rings is 1. The number of nitrogens with zero attached hydrogens (tertiary/aromatic N) is 2. The molecular formula is C43H71N11O10. The van der Waals surface area contributed by atoms with Crippen LogP contribution in [0.1, 0.15) is 104 Å². The predicted octanol–water partition coefficient (Wildman–Crippen LogP) is -0.804. The van der Waals surface area contributed by atoms with E-state index >= 15 is 0 Å². The largest absolute Gasteiger partial charge is 0.481 e. The molecule has 1 saturated heterocycles. The second kappa shape index (κ2) is 28.1. The Morgan fingerprint density at radius 2 is 1.38 bits per heavy atom. The van der Waals surface area contributed by atoms with Gasteiger partial charge in [0.1, 0.15) is 36.3 Å². The van der Waals surface area contributed by atoms with Crippen molar-refractivity contribution in [1.82, 2.24) is 31.5 Å². The highest BCUT2D eigenvalue weighted by molar-refractivity contribution is 5.97. The number of hydrogen-bond acceptors (Lipinski definition) is 11. The van der Waals surface area contributed by atoms with Gasteiger partial charge in [0.15, 0.2) is 5.96 Å². The molecule has 6 amide bonds. The number of carboxylic acid groups (broad SMARTS) is 2. The van der Waals surface area contributed by atoms with E-state index in [1.807, 2.05) is 0 Å². The molecule has 1 aromatic rings. The SMILES string of the molecule is CC[C@H](C)[C@H](NC(=O)[C@@H]1CCCN1C(=O)[C@@H](N)CCCCN)C(=O)N[C@@H](CCC(=O)O)C(=O)N[C@@H](Cc1ccccc1)C(=O)N[C@@H](CCCN=C(N)N)C(=O)N[C@@H](CC(C)C)C(=O)O. The van der Waals surface area contributed by atoms with Gasteiger partial charge in [0.25, 0.3) is 0 Å². The molecule has 1 aliphatic heterocycles. The van der Waals surface area contributed by atoms with Gasteiger partial charge in [-0.05, 0) is 75.3 Å². The topological polar surface area (TPSA) is 357 Å². The van der Waals surface area contributed by atoms with Crippen molar-refractivity contribution in [2.45, 2.75) is 147 Å². The first-order chi connectivity index (χ1) is 30.3. The number of hydrogen-bond donors (Lipinski definition) is 11. The maximum Gasteiger partial charge on any atom is 0.326 e. The number of carbonyl (C=O) groups excluding carboxylic acids is 6. The van der Waals surface area contributed by atoms with Crippen LogP contribution in [-0.2, 0) is 44.8 Å². The molecule has 1 heterocycles. The van der Waals surface area contributed by atoms with Gasteiger partial charge in [-0.3, -0.25) is 38.6 Å². The van der Waals surface area contributed by atoms with Gasteiger partial charge in [0, 0.05) is 25.9 Å². The van der Waals surface area contributed by atoms with Crippen LogP contribution >= 0.6 is 0 Å². The first-order valence-electron chi connectivity index (χ1n) is 22.1. The fraction of sp³-hybridized carbons (Fsp3) is 0.651. The average Bonchev–Trinajstić information content (AvgIpc) is 3.74. The Balaban J connectivity index is 2.41. The number of likely N-dealkylation sites (tertiary alicyclic amines) is 1. The maximum absolute atomic E-state index is 14.2. The molecule has 1 aromatic carbocycles. The molecule has 0 radical (unpaired) electrons. The summed E-state index contributed by atoms with van der Waals surface area (Å²) in [7, 11) is 0. The highest BCUT2D eigenvalue weighted by Crippen LogP contribution is 2.21. The Morgan fingerprint density at radius 1 is 0.781 bits per heavy atom. The van der Waals surface area contributed by atoms with Crippen LogP contribution in [0.2, 0.25) is 0 Å². The second-order valence-electron chi connectivity index (χ2n) is 16.7. The van der Waals surface area contributed by atoms with Crippen molar-refractivity contribution in [3.8, 4) is 0 Å². The Bertz CT molecular complexity index is 1740. The van der Waals surface area contributed by atoms with E-state index in [0.717, 1.165) is 0 Å². The number of amides is 6. The van der Waals surface area contributed by atoms with E-state index < -0.39 is 103 Å². The summed E-state index contributed by atoms with van der Waals surface area (Å²) >= 11 is 0.